The summed E-state index contributed by atoms with van der Waals surface area (Å²) in [5.74, 6) is 1.33. The van der Waals surface area contributed by atoms with E-state index in [1.54, 1.807) is 22.0 Å². The lowest BCUT2D eigenvalue weighted by molar-refractivity contribution is -0.122. The lowest BCUT2D eigenvalue weighted by Gasteiger charge is -2.43. The second-order valence-electron chi connectivity index (χ2n) is 8.74. The summed E-state index contributed by atoms with van der Waals surface area (Å²) in [5.41, 5.74) is 0.518. The average molecular weight is 466 g/mol. The van der Waals surface area contributed by atoms with Crippen LogP contribution in [-0.4, -0.2) is 95.4 Å². The van der Waals surface area contributed by atoms with E-state index < -0.39 is 10.2 Å². The Morgan fingerprint density at radius 2 is 2.00 bits per heavy atom. The van der Waals surface area contributed by atoms with Crippen LogP contribution < -0.4 is 10.2 Å². The number of rotatable bonds is 5. The number of hydrogen-bond donors (Lipinski definition) is 3. The number of nitrogens with one attached hydrogen (secondary N) is 2. The summed E-state index contributed by atoms with van der Waals surface area (Å²) in [6.45, 7) is 4.14. The van der Waals surface area contributed by atoms with E-state index in [2.05, 4.69) is 25.2 Å². The fraction of sp³-hybridized carbons (Fsp3) is 0.650. The molecule has 4 heterocycles. The van der Waals surface area contributed by atoms with Gasteiger partial charge >= 0.3 is 0 Å². The third kappa shape index (κ3) is 4.45. The molecule has 2 aromatic rings. The van der Waals surface area contributed by atoms with E-state index in [1.165, 1.54) is 0 Å². The molecule has 5 rings (SSSR count). The largest absolute Gasteiger partial charge is 0.483 e. The van der Waals surface area contributed by atoms with Crippen molar-refractivity contribution in [1.82, 2.24) is 28.9 Å². The van der Waals surface area contributed by atoms with E-state index >= 15 is 0 Å². The quantitative estimate of drug-likeness (QED) is 0.543. The zero-order valence-corrected chi connectivity index (χ0v) is 19.1. The summed E-state index contributed by atoms with van der Waals surface area (Å²) in [7, 11) is -1.72. The van der Waals surface area contributed by atoms with Crippen LogP contribution in [0.25, 0.3) is 11.0 Å². The van der Waals surface area contributed by atoms with Crippen LogP contribution in [0.2, 0.25) is 0 Å². The molecule has 32 heavy (non-hydrogen) atoms. The van der Waals surface area contributed by atoms with E-state index in [0.717, 1.165) is 55.6 Å². The maximum atomic E-state index is 13.4. The topological polar surface area (TPSA) is 135 Å². The highest BCUT2D eigenvalue weighted by atomic mass is 32.2. The van der Waals surface area contributed by atoms with Crippen LogP contribution in [0.4, 0.5) is 5.82 Å². The smallest absolute Gasteiger partial charge is 0.290 e. The molecule has 176 valence electrons. The summed E-state index contributed by atoms with van der Waals surface area (Å²) in [6, 6.07) is 1.99. The molecule has 3 fully saturated rings. The molecular weight excluding hydrogens is 434 g/mol. The van der Waals surface area contributed by atoms with Gasteiger partial charge in [0.25, 0.3) is 16.7 Å². The minimum Gasteiger partial charge on any atom is -0.483 e. The van der Waals surface area contributed by atoms with Crippen LogP contribution in [0.5, 0.6) is 0 Å². The molecule has 0 atom stereocenters. The Hall–Kier alpha value is -2.28. The van der Waals surface area contributed by atoms with Gasteiger partial charge < -0.3 is 20.3 Å². The number of carboxylic acid groups (broad SMARTS) is 1. The number of piperidine rings is 1. The second-order valence-corrected chi connectivity index (χ2v) is 10.7. The molecule has 0 unspecified atom stereocenters. The molecule has 1 aliphatic carbocycles. The van der Waals surface area contributed by atoms with Crippen LogP contribution in [0.1, 0.15) is 25.7 Å². The molecule has 2 aliphatic heterocycles. The van der Waals surface area contributed by atoms with Gasteiger partial charge in [-0.15, -0.1) is 0 Å². The number of aromatic nitrogens is 3. The number of anilines is 1. The molecule has 0 amide bonds. The van der Waals surface area contributed by atoms with Crippen molar-refractivity contribution in [3.8, 4) is 0 Å². The summed E-state index contributed by atoms with van der Waals surface area (Å²) >= 11 is 0. The van der Waals surface area contributed by atoms with Crippen molar-refractivity contribution in [3.63, 3.8) is 0 Å². The van der Waals surface area contributed by atoms with Crippen molar-refractivity contribution < 1.29 is 18.3 Å². The first-order valence-electron chi connectivity index (χ1n) is 11.0. The summed E-state index contributed by atoms with van der Waals surface area (Å²) in [4.78, 5) is 22.5. The van der Waals surface area contributed by atoms with Gasteiger partial charge in [-0.25, -0.2) is 9.97 Å². The van der Waals surface area contributed by atoms with Crippen LogP contribution >= 0.6 is 0 Å². The van der Waals surface area contributed by atoms with Gasteiger partial charge in [-0.3, -0.25) is 4.79 Å². The number of fused-ring (bicyclic) bond motifs is 1. The van der Waals surface area contributed by atoms with Crippen molar-refractivity contribution >= 4 is 33.5 Å². The summed E-state index contributed by atoms with van der Waals surface area (Å²) < 4.78 is 30.2. The maximum Gasteiger partial charge on any atom is 0.290 e. The third-order valence-corrected chi connectivity index (χ3v) is 8.76. The van der Waals surface area contributed by atoms with Gasteiger partial charge in [0.1, 0.15) is 17.8 Å². The van der Waals surface area contributed by atoms with Gasteiger partial charge in [0, 0.05) is 39.4 Å². The second kappa shape index (κ2) is 9.30. The molecule has 2 saturated heterocycles. The summed E-state index contributed by atoms with van der Waals surface area (Å²) in [5, 5.41) is 11.2. The van der Waals surface area contributed by atoms with Gasteiger partial charge in [-0.2, -0.15) is 17.0 Å². The van der Waals surface area contributed by atoms with Crippen molar-refractivity contribution in [2.75, 3.05) is 51.2 Å². The molecule has 3 aliphatic rings. The van der Waals surface area contributed by atoms with Crippen LogP contribution in [0, 0.1) is 5.92 Å². The highest BCUT2D eigenvalue weighted by molar-refractivity contribution is 7.86. The fourth-order valence-electron chi connectivity index (χ4n) is 4.86. The average Bonchev–Trinajstić information content (AvgIpc) is 3.35. The molecule has 0 radical (unpaired) electrons. The van der Waals surface area contributed by atoms with E-state index in [1.807, 2.05) is 12.3 Å². The fourth-order valence-corrected chi connectivity index (χ4v) is 6.63. The normalized spacial score (nSPS) is 21.5. The Morgan fingerprint density at radius 3 is 2.69 bits per heavy atom. The molecule has 11 nitrogen and oxygen atoms in total. The van der Waals surface area contributed by atoms with Gasteiger partial charge in [0.05, 0.1) is 10.9 Å². The Kier molecular flexibility index (Phi) is 6.65. The van der Waals surface area contributed by atoms with Gasteiger partial charge in [0.2, 0.25) is 0 Å². The minimum absolute atomic E-state index is 0.250. The van der Waals surface area contributed by atoms with Crippen molar-refractivity contribution in [1.29, 1.82) is 0 Å². The molecule has 2 aromatic heterocycles. The zero-order chi connectivity index (χ0) is 22.8. The van der Waals surface area contributed by atoms with Crippen molar-refractivity contribution in [2.45, 2.75) is 31.2 Å². The number of hydrogen-bond acceptors (Lipinski definition) is 7. The molecular formula is C20H31N7O4S. The van der Waals surface area contributed by atoms with Crippen LogP contribution in [-0.2, 0) is 15.0 Å². The van der Waals surface area contributed by atoms with Gasteiger partial charge in [-0.1, -0.05) is 0 Å². The van der Waals surface area contributed by atoms with Crippen molar-refractivity contribution in [3.05, 3.63) is 18.6 Å². The highest BCUT2D eigenvalue weighted by Gasteiger charge is 2.56. The first kappa shape index (κ1) is 22.9. The summed E-state index contributed by atoms with van der Waals surface area (Å²) in [6.07, 6.45) is 7.34. The first-order valence-corrected chi connectivity index (χ1v) is 12.4. The number of carbonyl (C=O) groups is 1. The zero-order valence-electron chi connectivity index (χ0n) is 18.3. The van der Waals surface area contributed by atoms with Gasteiger partial charge in [-0.05, 0) is 50.8 Å². The molecule has 1 saturated carbocycles. The molecule has 0 aromatic carbocycles. The highest BCUT2D eigenvalue weighted by Crippen LogP contribution is 2.47. The minimum atomic E-state index is -3.46. The van der Waals surface area contributed by atoms with E-state index in [0.29, 0.717) is 32.1 Å². The lowest BCUT2D eigenvalue weighted by Crippen LogP contribution is -2.60. The van der Waals surface area contributed by atoms with Crippen LogP contribution in [0.15, 0.2) is 18.6 Å². The SMILES string of the molecule is CN(CC1CCNCC1)S(=O)(=O)N1CCN(c2ncnc3[nH]ccc23)CC12CC2.O=CO. The standard InChI is InChI=1S/C19H29N7O2S.CH2O2/c1-24(12-15-2-7-20-8-3-15)29(27,28)26-11-10-25(13-19(26)5-6-19)18-16-4-9-21-17(16)22-14-23-18;2-1-3/h4,9,14-15,20H,2-3,5-8,10-13H2,1H3,(H,21,22,23);1H,(H,2,3). The van der Waals surface area contributed by atoms with E-state index in [-0.39, 0.29) is 12.0 Å². The number of aromatic amines is 1. The number of piperazine rings is 1. The molecule has 0 bridgehead atoms. The predicted molar refractivity (Wildman–Crippen MR) is 121 cm³/mol. The van der Waals surface area contributed by atoms with Crippen molar-refractivity contribution in [2.24, 2.45) is 5.92 Å². The Morgan fingerprint density at radius 1 is 1.28 bits per heavy atom. The predicted octanol–water partition coefficient (Wildman–Crippen LogP) is 0.490. The van der Waals surface area contributed by atoms with Crippen LogP contribution in [0.3, 0.4) is 0 Å². The molecule has 12 heteroatoms. The first-order chi connectivity index (χ1) is 15.4. The Bertz CT molecular complexity index is 1030. The maximum absolute atomic E-state index is 13.4. The third-order valence-electron chi connectivity index (χ3n) is 6.69. The Balaban J connectivity index is 0.000000775. The Labute approximate surface area is 188 Å². The number of H-pyrrole nitrogens is 1. The lowest BCUT2D eigenvalue weighted by atomic mass is 9.98. The van der Waals surface area contributed by atoms with E-state index in [4.69, 9.17) is 9.90 Å². The molecule has 3 N–H and O–H groups in total. The van der Waals surface area contributed by atoms with Gasteiger partial charge in [0.15, 0.2) is 0 Å². The molecule has 1 spiro atoms. The van der Waals surface area contributed by atoms with E-state index in [9.17, 15) is 8.42 Å². The number of nitrogens with zero attached hydrogens (tertiary/aromatic N) is 5. The monoisotopic (exact) mass is 465 g/mol.